The number of rotatable bonds is 11. The highest BCUT2D eigenvalue weighted by Crippen LogP contribution is 2.27. The zero-order valence-electron chi connectivity index (χ0n) is 14.1. The van der Waals surface area contributed by atoms with E-state index in [1.165, 1.54) is 4.08 Å². The van der Waals surface area contributed by atoms with Crippen molar-refractivity contribution in [1.29, 1.82) is 0 Å². The lowest BCUT2D eigenvalue weighted by Crippen LogP contribution is -3.59. The molecule has 0 aromatic heterocycles. The second-order valence-electron chi connectivity index (χ2n) is 5.48. The third kappa shape index (κ3) is 8.94. The van der Waals surface area contributed by atoms with Crippen LogP contribution in [-0.2, 0) is 14.3 Å². The Hall–Kier alpha value is -0.770. The van der Waals surface area contributed by atoms with E-state index in [1.54, 1.807) is 0 Å². The number of hydrogen-bond donors (Lipinski definition) is 0. The lowest BCUT2D eigenvalue weighted by Gasteiger charge is -2.10. The predicted molar refractivity (Wildman–Crippen MR) is 87.3 cm³/mol. The van der Waals surface area contributed by atoms with Gasteiger partial charge in [0.1, 0.15) is 0 Å². The van der Waals surface area contributed by atoms with Gasteiger partial charge in [-0.1, -0.05) is 57.2 Å². The van der Waals surface area contributed by atoms with E-state index in [2.05, 4.69) is 11.1 Å². The normalized spacial score (nSPS) is 13.0. The highest BCUT2D eigenvalue weighted by Gasteiger charge is 2.49. The first-order chi connectivity index (χ1) is 11.8. The predicted octanol–water partition coefficient (Wildman–Crippen LogP) is 2.40. The average Bonchev–Trinajstić information content (AvgIpc) is 2.55. The Morgan fingerprint density at radius 1 is 1.08 bits per heavy atom. The number of allylic oxidation sites excluding steroid dienone is 1. The highest BCUT2D eigenvalue weighted by molar-refractivity contribution is 7.87. The number of halogens is 4. The van der Waals surface area contributed by atoms with Crippen LogP contribution in [-0.4, -0.2) is 13.9 Å². The number of alkyl halides is 3. The zero-order chi connectivity index (χ0) is 18.8. The summed E-state index contributed by atoms with van der Waals surface area (Å²) in [6.07, 6.45) is 5.96. The van der Waals surface area contributed by atoms with Gasteiger partial charge >= 0.3 is 36.8 Å². The average molecular weight is 491 g/mol. The Balaban J connectivity index is 2.69. The Labute approximate surface area is 158 Å². The van der Waals surface area contributed by atoms with Crippen LogP contribution in [0.3, 0.4) is 0 Å². The molecule has 0 fully saturated rings. The molecule has 0 saturated carbocycles. The molecule has 1 aromatic carbocycles. The summed E-state index contributed by atoms with van der Waals surface area (Å²) in [6.45, 7) is 2.10. The van der Waals surface area contributed by atoms with Gasteiger partial charge in [-0.3, -0.25) is 0 Å². The van der Waals surface area contributed by atoms with Crippen molar-refractivity contribution in [2.75, 3.05) is 0 Å². The summed E-state index contributed by atoms with van der Waals surface area (Å²) in [5, 5.41) is 0. The first-order valence-corrected chi connectivity index (χ1v) is 11.9. The minimum absolute atomic E-state index is 0.0931. The highest BCUT2D eigenvalue weighted by atomic mass is 127. The van der Waals surface area contributed by atoms with Crippen molar-refractivity contribution in [2.45, 2.75) is 57.4 Å². The molecule has 25 heavy (non-hydrogen) atoms. The van der Waals surface area contributed by atoms with Crippen LogP contribution in [0.4, 0.5) is 13.2 Å². The van der Waals surface area contributed by atoms with Gasteiger partial charge in [-0.05, 0) is 18.6 Å². The molecule has 0 bridgehead atoms. The van der Waals surface area contributed by atoms with Crippen molar-refractivity contribution in [3.63, 3.8) is 0 Å². The number of hydrogen-bond acceptors (Lipinski definition) is 3. The van der Waals surface area contributed by atoms with Crippen LogP contribution in [0.2, 0.25) is 0 Å². The van der Waals surface area contributed by atoms with Crippen molar-refractivity contribution >= 4 is 10.1 Å². The summed E-state index contributed by atoms with van der Waals surface area (Å²) in [5.41, 5.74) is -5.40. The molecule has 142 valence electrons. The molecule has 0 atom stereocenters. The molecule has 0 saturated heterocycles. The van der Waals surface area contributed by atoms with E-state index in [0.717, 1.165) is 35.7 Å². The maximum atomic E-state index is 12.6. The van der Waals surface area contributed by atoms with Gasteiger partial charge in [0.25, 0.3) is 0 Å². The molecule has 3 nitrogen and oxygen atoms in total. The van der Waals surface area contributed by atoms with Gasteiger partial charge in [0.15, 0.2) is 13.4 Å². The molecule has 1 rings (SSSR count). The number of unbranched alkanes of at least 4 members (excludes halogenated alkanes) is 5. The van der Waals surface area contributed by atoms with Gasteiger partial charge in [0, 0.05) is 6.42 Å². The molecular formula is C17H23F3IO3S+. The molecule has 0 aliphatic carbocycles. The van der Waals surface area contributed by atoms with Crippen LogP contribution in [0, 0.1) is 3.57 Å². The van der Waals surface area contributed by atoms with E-state index in [9.17, 15) is 21.6 Å². The molecular weight excluding hydrogens is 468 g/mol. The molecule has 0 amide bonds. The fourth-order valence-electron chi connectivity index (χ4n) is 1.99. The summed E-state index contributed by atoms with van der Waals surface area (Å²) in [6, 6.07) is 9.25. The Morgan fingerprint density at radius 3 is 2.28 bits per heavy atom. The number of benzene rings is 1. The minimum atomic E-state index is -5.60. The van der Waals surface area contributed by atoms with E-state index >= 15 is 0 Å². The van der Waals surface area contributed by atoms with E-state index < -0.39 is 36.8 Å². The van der Waals surface area contributed by atoms with Gasteiger partial charge in [-0.2, -0.15) is 21.6 Å². The maximum Gasteiger partial charge on any atom is 0.534 e. The first-order valence-electron chi connectivity index (χ1n) is 8.14. The summed E-state index contributed by atoms with van der Waals surface area (Å²) in [7, 11) is -5.60. The molecule has 0 aliphatic heterocycles. The van der Waals surface area contributed by atoms with E-state index in [0.29, 0.717) is 6.42 Å². The minimum Gasteiger partial charge on any atom is -0.376 e. The summed E-state index contributed by atoms with van der Waals surface area (Å²) in [5.74, 6) is -0.0931. The molecule has 0 heterocycles. The van der Waals surface area contributed by atoms with Crippen LogP contribution in [0.25, 0.3) is 0 Å². The molecule has 1 aromatic rings. The molecule has 0 unspecified atom stereocenters. The third-order valence-electron chi connectivity index (χ3n) is 3.31. The smallest absolute Gasteiger partial charge is 0.376 e. The maximum absolute atomic E-state index is 12.6. The fraction of sp³-hybridized carbons (Fsp3) is 0.529. The van der Waals surface area contributed by atoms with Crippen LogP contribution >= 0.6 is 0 Å². The SMILES string of the molecule is CCCCCCCC/C(=C\[I+]c1ccccc1)OS(=O)(=O)C(F)(F)F. The topological polar surface area (TPSA) is 43.4 Å². The third-order valence-corrected chi connectivity index (χ3v) is 6.76. The zero-order valence-corrected chi connectivity index (χ0v) is 17.0. The first kappa shape index (κ1) is 22.3. The van der Waals surface area contributed by atoms with Crippen LogP contribution in [0.15, 0.2) is 40.2 Å². The Bertz CT molecular complexity index is 628. The lowest BCUT2D eigenvalue weighted by atomic mass is 10.1. The fourth-order valence-corrected chi connectivity index (χ4v) is 4.65. The quantitative estimate of drug-likeness (QED) is 0.157. The molecule has 0 spiro atoms. The monoisotopic (exact) mass is 491 g/mol. The standard InChI is InChI=1S/C17H23F3IO3S/c1-2-3-4-5-6-10-13-16(24-25(22,23)17(18,19)20)14-21-15-11-8-7-9-12-15/h7-9,11-12,14H,2-6,10,13H2,1H3/q+1/b16-14+. The van der Waals surface area contributed by atoms with Crippen molar-refractivity contribution in [3.05, 3.63) is 43.7 Å². The van der Waals surface area contributed by atoms with Gasteiger partial charge in [-0.15, -0.1) is 0 Å². The van der Waals surface area contributed by atoms with Crippen LogP contribution in [0.5, 0.6) is 0 Å². The molecule has 0 aliphatic rings. The largest absolute Gasteiger partial charge is 0.534 e. The van der Waals surface area contributed by atoms with E-state index in [-0.39, 0.29) is 12.2 Å². The van der Waals surface area contributed by atoms with Gasteiger partial charge in [-0.25, -0.2) is 0 Å². The van der Waals surface area contributed by atoms with Gasteiger partial charge in [0.2, 0.25) is 0 Å². The van der Waals surface area contributed by atoms with Crippen LogP contribution < -0.4 is 21.2 Å². The Kier molecular flexibility index (Phi) is 9.84. The van der Waals surface area contributed by atoms with E-state index in [1.807, 2.05) is 30.3 Å². The second-order valence-corrected chi connectivity index (χ2v) is 9.51. The second kappa shape index (κ2) is 11.1. The van der Waals surface area contributed by atoms with Crippen molar-refractivity contribution in [2.24, 2.45) is 0 Å². The lowest BCUT2D eigenvalue weighted by molar-refractivity contribution is -0.558. The summed E-state index contributed by atoms with van der Waals surface area (Å²) >= 11 is -0.756. The van der Waals surface area contributed by atoms with Crippen molar-refractivity contribution in [3.8, 4) is 0 Å². The van der Waals surface area contributed by atoms with Crippen molar-refractivity contribution in [1.82, 2.24) is 0 Å². The Morgan fingerprint density at radius 2 is 1.68 bits per heavy atom. The summed E-state index contributed by atoms with van der Waals surface area (Å²) in [4.78, 5) is 0. The molecule has 8 heteroatoms. The molecule has 0 N–H and O–H groups in total. The van der Waals surface area contributed by atoms with Gasteiger partial charge < -0.3 is 4.18 Å². The van der Waals surface area contributed by atoms with Crippen molar-refractivity contribution < 1.29 is 47.0 Å². The van der Waals surface area contributed by atoms with Crippen LogP contribution in [0.1, 0.15) is 51.9 Å². The molecule has 0 radical (unpaired) electrons. The summed E-state index contributed by atoms with van der Waals surface area (Å²) < 4.78 is 67.1. The van der Waals surface area contributed by atoms with Gasteiger partial charge in [0.05, 0.1) is 0 Å². The van der Waals surface area contributed by atoms with E-state index in [4.69, 9.17) is 0 Å².